The standard InChI is InChI=1S/C7H16O4S/c1-2-3-4-12(10,11)6-7(9)5-8/h7-9H,2-6H2,1H3. The fourth-order valence-electron chi connectivity index (χ4n) is 0.793. The third kappa shape index (κ3) is 5.51. The summed E-state index contributed by atoms with van der Waals surface area (Å²) >= 11 is 0. The topological polar surface area (TPSA) is 74.6 Å². The number of sulfone groups is 1. The van der Waals surface area contributed by atoms with Crippen molar-refractivity contribution >= 4 is 9.84 Å². The Morgan fingerprint density at radius 1 is 1.42 bits per heavy atom. The van der Waals surface area contributed by atoms with Gasteiger partial charge in [0.1, 0.15) is 0 Å². The first-order valence-corrected chi connectivity index (χ1v) is 5.83. The zero-order valence-electron chi connectivity index (χ0n) is 7.23. The van der Waals surface area contributed by atoms with E-state index in [0.717, 1.165) is 6.42 Å². The summed E-state index contributed by atoms with van der Waals surface area (Å²) in [6.07, 6.45) is 0.293. The van der Waals surface area contributed by atoms with E-state index in [0.29, 0.717) is 6.42 Å². The fourth-order valence-corrected chi connectivity index (χ4v) is 2.38. The van der Waals surface area contributed by atoms with Crippen LogP contribution in [-0.4, -0.2) is 42.8 Å². The molecule has 4 nitrogen and oxygen atoms in total. The fraction of sp³-hybridized carbons (Fsp3) is 1.00. The summed E-state index contributed by atoms with van der Waals surface area (Å²) in [7, 11) is -3.17. The molecule has 5 heteroatoms. The molecule has 0 saturated heterocycles. The van der Waals surface area contributed by atoms with E-state index < -0.39 is 22.5 Å². The van der Waals surface area contributed by atoms with E-state index in [1.807, 2.05) is 6.92 Å². The van der Waals surface area contributed by atoms with Crippen LogP contribution >= 0.6 is 0 Å². The number of aliphatic hydroxyl groups excluding tert-OH is 2. The van der Waals surface area contributed by atoms with Crippen LogP contribution in [-0.2, 0) is 9.84 Å². The summed E-state index contributed by atoms with van der Waals surface area (Å²) in [5.41, 5.74) is 0. The lowest BCUT2D eigenvalue weighted by atomic mass is 10.4. The molecule has 0 aromatic carbocycles. The number of hydrogen-bond donors (Lipinski definition) is 2. The second-order valence-corrected chi connectivity index (χ2v) is 5.03. The highest BCUT2D eigenvalue weighted by molar-refractivity contribution is 7.91. The van der Waals surface area contributed by atoms with Gasteiger partial charge in [-0.1, -0.05) is 13.3 Å². The van der Waals surface area contributed by atoms with Crippen molar-refractivity contribution in [3.63, 3.8) is 0 Å². The van der Waals surface area contributed by atoms with Gasteiger partial charge in [-0.05, 0) is 6.42 Å². The molecule has 0 amide bonds. The van der Waals surface area contributed by atoms with Crippen LogP contribution in [0.1, 0.15) is 19.8 Å². The van der Waals surface area contributed by atoms with Gasteiger partial charge >= 0.3 is 0 Å². The molecule has 0 aliphatic rings. The molecule has 0 aliphatic heterocycles. The minimum Gasteiger partial charge on any atom is -0.394 e. The van der Waals surface area contributed by atoms with Crippen molar-refractivity contribution in [1.29, 1.82) is 0 Å². The lowest BCUT2D eigenvalue weighted by Gasteiger charge is -2.07. The van der Waals surface area contributed by atoms with Crippen LogP contribution in [0.2, 0.25) is 0 Å². The second kappa shape index (κ2) is 5.50. The molecule has 0 spiro atoms. The smallest absolute Gasteiger partial charge is 0.152 e. The Bertz CT molecular complexity index is 197. The first kappa shape index (κ1) is 11.9. The predicted molar refractivity (Wildman–Crippen MR) is 46.7 cm³/mol. The van der Waals surface area contributed by atoms with Crippen molar-refractivity contribution in [2.24, 2.45) is 0 Å². The van der Waals surface area contributed by atoms with Gasteiger partial charge in [-0.3, -0.25) is 0 Å². The molecule has 0 bridgehead atoms. The van der Waals surface area contributed by atoms with Crippen molar-refractivity contribution in [3.05, 3.63) is 0 Å². The van der Waals surface area contributed by atoms with Gasteiger partial charge in [0.2, 0.25) is 0 Å². The monoisotopic (exact) mass is 196 g/mol. The number of rotatable bonds is 6. The summed E-state index contributed by atoms with van der Waals surface area (Å²) in [5, 5.41) is 17.3. The number of hydrogen-bond acceptors (Lipinski definition) is 4. The van der Waals surface area contributed by atoms with Crippen LogP contribution in [0.4, 0.5) is 0 Å². The zero-order valence-corrected chi connectivity index (χ0v) is 8.05. The Hall–Kier alpha value is -0.130. The van der Waals surface area contributed by atoms with Crippen LogP contribution in [0.25, 0.3) is 0 Å². The Balaban J connectivity index is 3.88. The van der Waals surface area contributed by atoms with Crippen LogP contribution in [0.5, 0.6) is 0 Å². The Morgan fingerprint density at radius 2 is 2.00 bits per heavy atom. The average molecular weight is 196 g/mol. The van der Waals surface area contributed by atoms with Gasteiger partial charge in [-0.15, -0.1) is 0 Å². The van der Waals surface area contributed by atoms with Crippen LogP contribution in [0, 0.1) is 0 Å². The van der Waals surface area contributed by atoms with Crippen molar-refractivity contribution in [2.45, 2.75) is 25.9 Å². The van der Waals surface area contributed by atoms with Crippen molar-refractivity contribution < 1.29 is 18.6 Å². The third-order valence-electron chi connectivity index (χ3n) is 1.47. The Morgan fingerprint density at radius 3 is 2.42 bits per heavy atom. The van der Waals surface area contributed by atoms with E-state index >= 15 is 0 Å². The minimum absolute atomic E-state index is 0.0978. The van der Waals surface area contributed by atoms with Crippen LogP contribution < -0.4 is 0 Å². The van der Waals surface area contributed by atoms with Gasteiger partial charge in [0, 0.05) is 0 Å². The average Bonchev–Trinajstić information content (AvgIpc) is 2.00. The third-order valence-corrected chi connectivity index (χ3v) is 3.27. The van der Waals surface area contributed by atoms with Crippen molar-refractivity contribution in [3.8, 4) is 0 Å². The van der Waals surface area contributed by atoms with Gasteiger partial charge in [-0.2, -0.15) is 0 Å². The normalized spacial score (nSPS) is 14.6. The molecule has 0 fully saturated rings. The van der Waals surface area contributed by atoms with E-state index in [9.17, 15) is 8.42 Å². The van der Waals surface area contributed by atoms with E-state index in [-0.39, 0.29) is 11.5 Å². The van der Waals surface area contributed by atoms with Gasteiger partial charge in [0.05, 0.1) is 24.2 Å². The quantitative estimate of drug-likeness (QED) is 0.603. The molecule has 0 saturated carbocycles. The predicted octanol–water partition coefficient (Wildman–Crippen LogP) is -0.445. The highest BCUT2D eigenvalue weighted by Gasteiger charge is 2.15. The first-order chi connectivity index (χ1) is 5.52. The molecule has 1 atom stereocenters. The maximum atomic E-state index is 11.1. The molecule has 0 radical (unpaired) electrons. The summed E-state index contributed by atoms with van der Waals surface area (Å²) < 4.78 is 22.2. The van der Waals surface area contributed by atoms with E-state index in [2.05, 4.69) is 0 Å². The van der Waals surface area contributed by atoms with E-state index in [4.69, 9.17) is 10.2 Å². The molecule has 74 valence electrons. The molecule has 2 N–H and O–H groups in total. The first-order valence-electron chi connectivity index (χ1n) is 4.01. The minimum atomic E-state index is -3.17. The number of unbranched alkanes of at least 4 members (excludes halogenated alkanes) is 1. The van der Waals surface area contributed by atoms with Gasteiger partial charge in [0.15, 0.2) is 9.84 Å². The molecule has 0 aliphatic carbocycles. The second-order valence-electron chi connectivity index (χ2n) is 2.80. The summed E-state index contributed by atoms with van der Waals surface area (Å²) in [6.45, 7) is 1.41. The summed E-state index contributed by atoms with van der Waals surface area (Å²) in [6, 6.07) is 0. The summed E-state index contributed by atoms with van der Waals surface area (Å²) in [5.74, 6) is -0.232. The molecule has 0 aromatic heterocycles. The van der Waals surface area contributed by atoms with E-state index in [1.54, 1.807) is 0 Å². The maximum absolute atomic E-state index is 11.1. The van der Waals surface area contributed by atoms with Gasteiger partial charge in [0.25, 0.3) is 0 Å². The maximum Gasteiger partial charge on any atom is 0.152 e. The molecule has 12 heavy (non-hydrogen) atoms. The lowest BCUT2D eigenvalue weighted by molar-refractivity contribution is 0.112. The molecule has 0 aromatic rings. The van der Waals surface area contributed by atoms with Gasteiger partial charge < -0.3 is 10.2 Å². The largest absolute Gasteiger partial charge is 0.394 e. The van der Waals surface area contributed by atoms with Gasteiger partial charge in [-0.25, -0.2) is 8.42 Å². The Labute approximate surface area is 73.1 Å². The highest BCUT2D eigenvalue weighted by atomic mass is 32.2. The van der Waals surface area contributed by atoms with E-state index in [1.165, 1.54) is 0 Å². The molecule has 1 unspecified atom stereocenters. The molecular weight excluding hydrogens is 180 g/mol. The Kier molecular flexibility index (Phi) is 5.44. The SMILES string of the molecule is CCCCS(=O)(=O)CC(O)CO. The molecular formula is C7H16O4S. The van der Waals surface area contributed by atoms with Crippen molar-refractivity contribution in [1.82, 2.24) is 0 Å². The zero-order chi connectivity index (χ0) is 9.61. The van der Waals surface area contributed by atoms with Crippen molar-refractivity contribution in [2.75, 3.05) is 18.1 Å². The highest BCUT2D eigenvalue weighted by Crippen LogP contribution is 1.99. The summed E-state index contributed by atoms with van der Waals surface area (Å²) in [4.78, 5) is 0. The lowest BCUT2D eigenvalue weighted by Crippen LogP contribution is -2.25. The van der Waals surface area contributed by atoms with Crippen LogP contribution in [0.15, 0.2) is 0 Å². The van der Waals surface area contributed by atoms with Crippen LogP contribution in [0.3, 0.4) is 0 Å². The molecule has 0 rings (SSSR count). The molecule has 0 heterocycles. The number of aliphatic hydroxyl groups is 2.